The van der Waals surface area contributed by atoms with Crippen molar-refractivity contribution in [2.75, 3.05) is 26.4 Å². The number of phosphoric acid groups is 1. The first-order valence-electron chi connectivity index (χ1n) is 31.6. The lowest BCUT2D eigenvalue weighted by atomic mass is 10.0. The van der Waals surface area contributed by atoms with E-state index < -0.39 is 32.5 Å². The number of rotatable bonds is 57. The number of allylic oxidation sites excluding steroid dienone is 28. The molecule has 0 aromatic heterocycles. The van der Waals surface area contributed by atoms with Gasteiger partial charge in [0, 0.05) is 19.4 Å². The molecule has 0 saturated heterocycles. The van der Waals surface area contributed by atoms with Gasteiger partial charge in [0.05, 0.1) is 13.2 Å². The van der Waals surface area contributed by atoms with Crippen LogP contribution in [0.2, 0.25) is 0 Å². The predicted molar refractivity (Wildman–Crippen MR) is 348 cm³/mol. The van der Waals surface area contributed by atoms with E-state index in [1.807, 2.05) is 0 Å². The molecule has 2 unspecified atom stereocenters. The molecular formula is C71H114NO8P. The fourth-order valence-corrected chi connectivity index (χ4v) is 8.77. The lowest BCUT2D eigenvalue weighted by Crippen LogP contribution is -2.29. The third kappa shape index (κ3) is 64.4. The van der Waals surface area contributed by atoms with Gasteiger partial charge in [-0.15, -0.1) is 0 Å². The molecule has 0 aliphatic carbocycles. The Morgan fingerprint density at radius 3 is 0.951 bits per heavy atom. The van der Waals surface area contributed by atoms with E-state index in [2.05, 4.69) is 184 Å². The average Bonchev–Trinajstić information content (AvgIpc) is 3.46. The summed E-state index contributed by atoms with van der Waals surface area (Å²) in [7, 11) is -4.41. The van der Waals surface area contributed by atoms with Crippen molar-refractivity contribution in [2.45, 2.75) is 238 Å². The smallest absolute Gasteiger partial charge is 0.462 e. The van der Waals surface area contributed by atoms with Crippen LogP contribution in [-0.2, 0) is 32.7 Å². The van der Waals surface area contributed by atoms with Crippen molar-refractivity contribution in [3.05, 3.63) is 170 Å². The molecule has 0 saturated carbocycles. The molecule has 0 bridgehead atoms. The van der Waals surface area contributed by atoms with Crippen LogP contribution in [0.4, 0.5) is 0 Å². The fraction of sp³-hybridized carbons (Fsp3) is 0.577. The second-order valence-corrected chi connectivity index (χ2v) is 21.6. The van der Waals surface area contributed by atoms with Crippen molar-refractivity contribution < 1.29 is 37.6 Å². The van der Waals surface area contributed by atoms with Gasteiger partial charge in [0.1, 0.15) is 6.61 Å². The van der Waals surface area contributed by atoms with Crippen molar-refractivity contribution in [1.82, 2.24) is 0 Å². The molecular weight excluding hydrogens is 1030 g/mol. The van der Waals surface area contributed by atoms with Crippen LogP contribution in [0.1, 0.15) is 232 Å². The maximum atomic E-state index is 12.7. The summed E-state index contributed by atoms with van der Waals surface area (Å²) >= 11 is 0. The Hall–Kier alpha value is -4.63. The second-order valence-electron chi connectivity index (χ2n) is 20.2. The highest BCUT2D eigenvalue weighted by Crippen LogP contribution is 2.43. The zero-order chi connectivity index (χ0) is 58.7. The van der Waals surface area contributed by atoms with E-state index in [0.717, 1.165) is 141 Å². The summed E-state index contributed by atoms with van der Waals surface area (Å²) in [5.41, 5.74) is 5.39. The normalized spacial score (nSPS) is 14.2. The molecule has 0 amide bonds. The lowest BCUT2D eigenvalue weighted by Gasteiger charge is -2.19. The Bertz CT molecular complexity index is 1930. The van der Waals surface area contributed by atoms with Crippen LogP contribution in [0.25, 0.3) is 0 Å². The first kappa shape index (κ1) is 76.4. The average molecular weight is 1140 g/mol. The first-order chi connectivity index (χ1) is 39.8. The van der Waals surface area contributed by atoms with E-state index in [-0.39, 0.29) is 32.6 Å². The Kier molecular flexibility index (Phi) is 60.8. The zero-order valence-corrected chi connectivity index (χ0v) is 51.8. The van der Waals surface area contributed by atoms with Crippen LogP contribution >= 0.6 is 7.82 Å². The molecule has 0 spiro atoms. The van der Waals surface area contributed by atoms with Crippen LogP contribution in [0.15, 0.2) is 170 Å². The minimum absolute atomic E-state index is 0.0395. The van der Waals surface area contributed by atoms with E-state index in [4.69, 9.17) is 24.3 Å². The standard InChI is InChI=1S/C71H114NO8P/c1-3-5-7-9-11-13-15-17-19-21-23-25-27-29-30-31-32-33-34-35-36-37-38-40-42-44-46-48-50-52-54-56-58-60-62-64-71(74)80-69(68-79-81(75,76)78-66-65-72)67-77-70(73)63-61-59-57-55-53-51-49-47-45-43-41-39-28-26-24-22-20-18-16-14-12-10-8-6-4-2/h5-8,11-14,17-20,23-26,29-30,32-33,35-36,38,40,44,46,50,52,69H,3-4,9-10,15-16,21-22,27-28,31,34,37,39,41-43,45,47-49,51,53-68,72H2,1-2H3,(H,75,76)/b7-5-,8-6-,13-11-,14-12-,19-17-,20-18-,25-23-,26-24-,30-29-,33-32-,36-35-,40-38-,46-44-,52-50-. The molecule has 0 rings (SSSR count). The minimum Gasteiger partial charge on any atom is -0.462 e. The largest absolute Gasteiger partial charge is 0.472 e. The van der Waals surface area contributed by atoms with Crippen molar-refractivity contribution in [2.24, 2.45) is 5.73 Å². The topological polar surface area (TPSA) is 134 Å². The molecule has 0 aromatic carbocycles. The molecule has 456 valence electrons. The van der Waals surface area contributed by atoms with Crippen LogP contribution < -0.4 is 5.73 Å². The number of ether oxygens (including phenoxy) is 2. The van der Waals surface area contributed by atoms with Gasteiger partial charge in [0.25, 0.3) is 0 Å². The van der Waals surface area contributed by atoms with Crippen molar-refractivity contribution in [3.8, 4) is 0 Å². The quantitative estimate of drug-likeness (QED) is 0.0264. The molecule has 10 heteroatoms. The van der Waals surface area contributed by atoms with E-state index in [0.29, 0.717) is 6.42 Å². The highest BCUT2D eigenvalue weighted by atomic mass is 31.2. The van der Waals surface area contributed by atoms with E-state index in [1.165, 1.54) is 57.8 Å². The van der Waals surface area contributed by atoms with E-state index >= 15 is 0 Å². The summed E-state index contributed by atoms with van der Waals surface area (Å²) in [6.07, 6.45) is 95.6. The molecule has 0 radical (unpaired) electrons. The van der Waals surface area contributed by atoms with Crippen molar-refractivity contribution in [1.29, 1.82) is 0 Å². The van der Waals surface area contributed by atoms with Gasteiger partial charge in [-0.05, 0) is 128 Å². The molecule has 81 heavy (non-hydrogen) atoms. The number of hydrogen-bond acceptors (Lipinski definition) is 8. The van der Waals surface area contributed by atoms with E-state index in [9.17, 15) is 19.0 Å². The number of phosphoric ester groups is 1. The van der Waals surface area contributed by atoms with Gasteiger partial charge in [0.2, 0.25) is 0 Å². The van der Waals surface area contributed by atoms with Gasteiger partial charge in [-0.25, -0.2) is 4.57 Å². The number of hydrogen-bond donors (Lipinski definition) is 2. The summed E-state index contributed by atoms with van der Waals surface area (Å²) in [6, 6.07) is 0. The number of esters is 2. The lowest BCUT2D eigenvalue weighted by molar-refractivity contribution is -0.161. The summed E-state index contributed by atoms with van der Waals surface area (Å²) in [5.74, 6) is -0.870. The number of unbranched alkanes of at least 4 members (excludes halogenated alkanes) is 16. The van der Waals surface area contributed by atoms with Crippen LogP contribution in [0, 0.1) is 0 Å². The van der Waals surface area contributed by atoms with Gasteiger partial charge < -0.3 is 20.1 Å². The summed E-state index contributed by atoms with van der Waals surface area (Å²) in [4.78, 5) is 35.3. The van der Waals surface area contributed by atoms with Crippen LogP contribution in [0.3, 0.4) is 0 Å². The van der Waals surface area contributed by atoms with Crippen LogP contribution in [0.5, 0.6) is 0 Å². The Morgan fingerprint density at radius 2 is 0.642 bits per heavy atom. The zero-order valence-electron chi connectivity index (χ0n) is 50.9. The third-order valence-corrected chi connectivity index (χ3v) is 13.6. The highest BCUT2D eigenvalue weighted by Gasteiger charge is 2.26. The van der Waals surface area contributed by atoms with Crippen molar-refractivity contribution >= 4 is 19.8 Å². The molecule has 9 nitrogen and oxygen atoms in total. The molecule has 0 aliphatic heterocycles. The van der Waals surface area contributed by atoms with Crippen molar-refractivity contribution in [3.63, 3.8) is 0 Å². The fourth-order valence-electron chi connectivity index (χ4n) is 8.01. The second kappa shape index (κ2) is 64.5. The monoisotopic (exact) mass is 1140 g/mol. The predicted octanol–water partition coefficient (Wildman–Crippen LogP) is 20.6. The number of nitrogens with two attached hydrogens (primary N) is 1. The maximum Gasteiger partial charge on any atom is 0.472 e. The van der Waals surface area contributed by atoms with E-state index in [1.54, 1.807) is 0 Å². The molecule has 0 heterocycles. The highest BCUT2D eigenvalue weighted by molar-refractivity contribution is 7.47. The minimum atomic E-state index is -4.41. The summed E-state index contributed by atoms with van der Waals surface area (Å²) in [5, 5.41) is 0. The molecule has 0 fully saturated rings. The molecule has 0 aromatic rings. The SMILES string of the molecule is CC/C=C\C/C=C\C/C=C\C/C=C\C/C=C\C/C=C\C/C=C\C/C=C\C/C=C\C/C=C\CCCCCCC(=O)OC(COC(=O)CCCCCCCCCCCCCC/C=C\C/C=C\C/C=C\C/C=C\CC)COP(=O)(O)OCCN. The van der Waals surface area contributed by atoms with Gasteiger partial charge in [-0.2, -0.15) is 0 Å². The number of carbonyl (C=O) groups is 2. The van der Waals surface area contributed by atoms with Gasteiger partial charge in [-0.3, -0.25) is 18.6 Å². The molecule has 2 atom stereocenters. The van der Waals surface area contributed by atoms with Gasteiger partial charge in [-0.1, -0.05) is 261 Å². The molecule has 3 N–H and O–H groups in total. The Morgan fingerprint density at radius 1 is 0.370 bits per heavy atom. The Labute approximate surface area is 495 Å². The van der Waals surface area contributed by atoms with Gasteiger partial charge in [0.15, 0.2) is 6.10 Å². The number of carbonyl (C=O) groups excluding carboxylic acids is 2. The van der Waals surface area contributed by atoms with Gasteiger partial charge >= 0.3 is 19.8 Å². The summed E-state index contributed by atoms with van der Waals surface area (Å²) in [6.45, 7) is 3.47. The third-order valence-electron chi connectivity index (χ3n) is 12.6. The maximum absolute atomic E-state index is 12.7. The Balaban J connectivity index is 4.07. The molecule has 0 aliphatic rings. The summed E-state index contributed by atoms with van der Waals surface area (Å²) < 4.78 is 33.1. The first-order valence-corrected chi connectivity index (χ1v) is 33.1. The van der Waals surface area contributed by atoms with Crippen LogP contribution in [-0.4, -0.2) is 49.3 Å².